The van der Waals surface area contributed by atoms with E-state index in [-0.39, 0.29) is 18.3 Å². The van der Waals surface area contributed by atoms with Crippen LogP contribution >= 0.6 is 0 Å². The number of hydrogen-bond donors (Lipinski definition) is 0. The molecule has 0 atom stereocenters. The van der Waals surface area contributed by atoms with Crippen molar-refractivity contribution in [3.8, 4) is 17.1 Å². The number of halogens is 1. The van der Waals surface area contributed by atoms with Crippen molar-refractivity contribution in [2.75, 3.05) is 38.2 Å². The molecule has 1 fully saturated rings. The molecule has 1 aliphatic rings. The topological polar surface area (TPSA) is 67.9 Å². The number of hydrogen-bond acceptors (Lipinski definition) is 5. The van der Waals surface area contributed by atoms with Gasteiger partial charge in [0.25, 0.3) is 0 Å². The number of methoxy groups -OCH3 is 1. The Hall–Kier alpha value is -3.55. The Labute approximate surface area is 172 Å². The number of anilines is 1. The highest BCUT2D eigenvalue weighted by molar-refractivity contribution is 5.76. The SMILES string of the molecule is COc1ccc(N2CCN(C(=O)Cn3cc(-c4ccc(F)cc4)oc3=O)CC2)cc1. The Kier molecular flexibility index (Phi) is 5.56. The summed E-state index contributed by atoms with van der Waals surface area (Å²) >= 11 is 0. The summed E-state index contributed by atoms with van der Waals surface area (Å²) in [4.78, 5) is 28.8. The van der Waals surface area contributed by atoms with E-state index >= 15 is 0 Å². The summed E-state index contributed by atoms with van der Waals surface area (Å²) < 4.78 is 24.7. The maximum Gasteiger partial charge on any atom is 0.419 e. The van der Waals surface area contributed by atoms with E-state index in [2.05, 4.69) is 4.90 Å². The van der Waals surface area contributed by atoms with Crippen LogP contribution in [0.4, 0.5) is 10.1 Å². The number of amides is 1. The number of carbonyl (C=O) groups excluding carboxylic acids is 1. The zero-order valence-corrected chi connectivity index (χ0v) is 16.6. The van der Waals surface area contributed by atoms with Crippen LogP contribution < -0.4 is 15.4 Å². The lowest BCUT2D eigenvalue weighted by Crippen LogP contribution is -2.50. The number of carbonyl (C=O) groups is 1. The molecule has 1 aliphatic heterocycles. The van der Waals surface area contributed by atoms with Crippen LogP contribution in [0.25, 0.3) is 11.3 Å². The predicted octanol–water partition coefficient (Wildman–Crippen LogP) is 2.60. The summed E-state index contributed by atoms with van der Waals surface area (Å²) in [7, 11) is 1.63. The third kappa shape index (κ3) is 4.22. The molecule has 156 valence electrons. The van der Waals surface area contributed by atoms with Crippen LogP contribution in [0.1, 0.15) is 0 Å². The van der Waals surface area contributed by atoms with E-state index in [9.17, 15) is 14.0 Å². The van der Waals surface area contributed by atoms with E-state index in [1.807, 2.05) is 24.3 Å². The van der Waals surface area contributed by atoms with Crippen LogP contribution in [0.2, 0.25) is 0 Å². The van der Waals surface area contributed by atoms with Gasteiger partial charge in [0.05, 0.1) is 13.3 Å². The second-order valence-corrected chi connectivity index (χ2v) is 7.06. The number of nitrogens with zero attached hydrogens (tertiary/aromatic N) is 3. The van der Waals surface area contributed by atoms with Crippen molar-refractivity contribution in [2.24, 2.45) is 0 Å². The number of ether oxygens (including phenoxy) is 1. The van der Waals surface area contributed by atoms with Gasteiger partial charge in [-0.25, -0.2) is 9.18 Å². The molecule has 0 radical (unpaired) electrons. The third-order valence-corrected chi connectivity index (χ3v) is 5.21. The maximum absolute atomic E-state index is 13.1. The average Bonchev–Trinajstić information content (AvgIpc) is 3.14. The molecular weight excluding hydrogens is 389 g/mol. The van der Waals surface area contributed by atoms with Crippen molar-refractivity contribution in [1.82, 2.24) is 9.47 Å². The lowest BCUT2D eigenvalue weighted by atomic mass is 10.2. The molecule has 0 saturated carbocycles. The standard InChI is InChI=1S/C22H22FN3O4/c1-29-19-8-6-18(7-9-19)24-10-12-25(13-11-24)21(27)15-26-14-20(30-22(26)28)16-2-4-17(23)5-3-16/h2-9,14H,10-13,15H2,1H3. The van der Waals surface area contributed by atoms with Crippen molar-refractivity contribution in [2.45, 2.75) is 6.54 Å². The van der Waals surface area contributed by atoms with Crippen LogP contribution in [-0.4, -0.2) is 48.7 Å². The summed E-state index contributed by atoms with van der Waals surface area (Å²) in [5, 5.41) is 0. The monoisotopic (exact) mass is 411 g/mol. The maximum atomic E-state index is 13.1. The molecular formula is C22H22FN3O4. The van der Waals surface area contributed by atoms with Crippen molar-refractivity contribution in [3.05, 3.63) is 71.1 Å². The molecule has 7 nitrogen and oxygen atoms in total. The Morgan fingerprint density at radius 1 is 1.03 bits per heavy atom. The van der Waals surface area contributed by atoms with Gasteiger partial charge in [0, 0.05) is 37.4 Å². The average molecular weight is 411 g/mol. The fraction of sp³-hybridized carbons (Fsp3) is 0.273. The lowest BCUT2D eigenvalue weighted by molar-refractivity contribution is -0.132. The summed E-state index contributed by atoms with van der Waals surface area (Å²) in [5.41, 5.74) is 1.66. The minimum atomic E-state index is -0.612. The quantitative estimate of drug-likeness (QED) is 0.646. The first-order valence-electron chi connectivity index (χ1n) is 9.66. The molecule has 4 rings (SSSR count). The van der Waals surface area contributed by atoms with E-state index in [1.54, 1.807) is 12.0 Å². The first-order chi connectivity index (χ1) is 14.5. The van der Waals surface area contributed by atoms with E-state index in [0.717, 1.165) is 11.4 Å². The largest absolute Gasteiger partial charge is 0.497 e. The summed E-state index contributed by atoms with van der Waals surface area (Å²) in [6, 6.07) is 13.5. The molecule has 1 aromatic heterocycles. The lowest BCUT2D eigenvalue weighted by Gasteiger charge is -2.36. The van der Waals surface area contributed by atoms with Gasteiger partial charge < -0.3 is 19.0 Å². The molecule has 2 aromatic carbocycles. The van der Waals surface area contributed by atoms with Gasteiger partial charge in [-0.05, 0) is 48.5 Å². The van der Waals surface area contributed by atoms with Gasteiger partial charge in [0.15, 0.2) is 5.76 Å². The van der Waals surface area contributed by atoms with Gasteiger partial charge in [-0.15, -0.1) is 0 Å². The van der Waals surface area contributed by atoms with Crippen LogP contribution in [-0.2, 0) is 11.3 Å². The Balaban J connectivity index is 1.37. The van der Waals surface area contributed by atoms with Gasteiger partial charge >= 0.3 is 5.76 Å². The number of oxazole rings is 1. The molecule has 0 unspecified atom stereocenters. The molecule has 30 heavy (non-hydrogen) atoms. The molecule has 2 heterocycles. The minimum Gasteiger partial charge on any atom is -0.497 e. The normalized spacial score (nSPS) is 14.1. The molecule has 3 aromatic rings. The third-order valence-electron chi connectivity index (χ3n) is 5.21. The van der Waals surface area contributed by atoms with E-state index < -0.39 is 5.76 Å². The first-order valence-corrected chi connectivity index (χ1v) is 9.66. The minimum absolute atomic E-state index is 0.0912. The zero-order valence-electron chi connectivity index (χ0n) is 16.6. The molecule has 8 heteroatoms. The first kappa shape index (κ1) is 19.8. The van der Waals surface area contributed by atoms with Crippen molar-refractivity contribution in [1.29, 1.82) is 0 Å². The van der Waals surface area contributed by atoms with Crippen LogP contribution in [0.15, 0.2) is 63.9 Å². The van der Waals surface area contributed by atoms with Gasteiger partial charge in [-0.2, -0.15) is 0 Å². The second kappa shape index (κ2) is 8.44. The number of rotatable bonds is 5. The van der Waals surface area contributed by atoms with Crippen molar-refractivity contribution >= 4 is 11.6 Å². The predicted molar refractivity (Wildman–Crippen MR) is 110 cm³/mol. The smallest absolute Gasteiger partial charge is 0.419 e. The number of aromatic nitrogens is 1. The number of piperazine rings is 1. The van der Waals surface area contributed by atoms with Crippen LogP contribution in [0.5, 0.6) is 5.75 Å². The van der Waals surface area contributed by atoms with Crippen LogP contribution in [0, 0.1) is 5.82 Å². The van der Waals surface area contributed by atoms with Crippen molar-refractivity contribution < 1.29 is 18.3 Å². The van der Waals surface area contributed by atoms with Gasteiger partial charge in [-0.3, -0.25) is 9.36 Å². The molecule has 0 spiro atoms. The highest BCUT2D eigenvalue weighted by Gasteiger charge is 2.22. The Bertz CT molecular complexity index is 1070. The zero-order chi connectivity index (χ0) is 21.1. The molecule has 1 saturated heterocycles. The molecule has 0 N–H and O–H groups in total. The summed E-state index contributed by atoms with van der Waals surface area (Å²) in [5.74, 6) is -0.0165. The molecule has 0 aliphatic carbocycles. The summed E-state index contributed by atoms with van der Waals surface area (Å²) in [6.45, 7) is 2.47. The second-order valence-electron chi connectivity index (χ2n) is 7.06. The number of benzene rings is 2. The fourth-order valence-electron chi connectivity index (χ4n) is 3.48. The van der Waals surface area contributed by atoms with E-state index in [0.29, 0.717) is 37.5 Å². The Morgan fingerprint density at radius 3 is 2.33 bits per heavy atom. The molecule has 0 bridgehead atoms. The van der Waals surface area contributed by atoms with E-state index in [1.165, 1.54) is 35.0 Å². The van der Waals surface area contributed by atoms with E-state index in [4.69, 9.17) is 9.15 Å². The van der Waals surface area contributed by atoms with Gasteiger partial charge in [0.1, 0.15) is 18.1 Å². The van der Waals surface area contributed by atoms with Gasteiger partial charge in [0.2, 0.25) is 5.91 Å². The Morgan fingerprint density at radius 2 is 1.70 bits per heavy atom. The highest BCUT2D eigenvalue weighted by Crippen LogP contribution is 2.21. The van der Waals surface area contributed by atoms with Crippen molar-refractivity contribution in [3.63, 3.8) is 0 Å². The molecule has 1 amide bonds. The highest BCUT2D eigenvalue weighted by atomic mass is 19.1. The summed E-state index contributed by atoms with van der Waals surface area (Å²) in [6.07, 6.45) is 1.49. The van der Waals surface area contributed by atoms with Gasteiger partial charge in [-0.1, -0.05) is 0 Å². The fourth-order valence-corrected chi connectivity index (χ4v) is 3.48. The van der Waals surface area contributed by atoms with Crippen LogP contribution in [0.3, 0.4) is 0 Å².